The molecule has 0 fully saturated rings. The molecule has 0 aliphatic heterocycles. The number of carbonyl (C=O) groups is 2. The number of aromatic nitrogens is 1. The Hall–Kier alpha value is -2.89. The second-order valence-electron chi connectivity index (χ2n) is 4.21. The molecule has 1 aromatic carbocycles. The molecule has 2 rings (SSSR count). The predicted octanol–water partition coefficient (Wildman–Crippen LogP) is 2.21. The summed E-state index contributed by atoms with van der Waals surface area (Å²) in [7, 11) is 0. The number of hydrogen-bond donors (Lipinski definition) is 2. The molecule has 0 unspecified atom stereocenters. The van der Waals surface area contributed by atoms with E-state index in [1.54, 1.807) is 31.2 Å². The van der Waals surface area contributed by atoms with Crippen molar-refractivity contribution in [3.05, 3.63) is 47.5 Å². The minimum absolute atomic E-state index is 0.123. The van der Waals surface area contributed by atoms with Crippen LogP contribution >= 0.6 is 0 Å². The number of benzene rings is 1. The average Bonchev–Trinajstić information content (AvgIpc) is 2.47. The second-order valence-corrected chi connectivity index (χ2v) is 4.21. The molecular weight excluding hydrogens is 272 g/mol. The van der Waals surface area contributed by atoms with E-state index in [4.69, 9.17) is 10.5 Å². The van der Waals surface area contributed by atoms with Crippen LogP contribution in [0.1, 0.15) is 27.6 Å². The van der Waals surface area contributed by atoms with Crippen molar-refractivity contribution in [1.82, 2.24) is 4.98 Å². The third kappa shape index (κ3) is 3.00. The number of pyridine rings is 1. The number of esters is 1. The summed E-state index contributed by atoms with van der Waals surface area (Å²) in [4.78, 5) is 27.3. The lowest BCUT2D eigenvalue weighted by atomic mass is 10.0. The van der Waals surface area contributed by atoms with E-state index < -0.39 is 11.9 Å². The fourth-order valence-electron chi connectivity index (χ4n) is 1.91. The maximum absolute atomic E-state index is 11.8. The van der Waals surface area contributed by atoms with E-state index in [0.717, 1.165) is 0 Å². The molecule has 2 aromatic rings. The van der Waals surface area contributed by atoms with Crippen LogP contribution in [0.2, 0.25) is 0 Å². The van der Waals surface area contributed by atoms with Gasteiger partial charge in [0.15, 0.2) is 0 Å². The fraction of sp³-hybridized carbons (Fsp3) is 0.133. The van der Waals surface area contributed by atoms with Gasteiger partial charge in [-0.3, -0.25) is 0 Å². The van der Waals surface area contributed by atoms with E-state index in [2.05, 4.69) is 4.98 Å². The third-order valence-electron chi connectivity index (χ3n) is 2.83. The summed E-state index contributed by atoms with van der Waals surface area (Å²) in [6.45, 7) is 1.75. The molecule has 21 heavy (non-hydrogen) atoms. The zero-order valence-electron chi connectivity index (χ0n) is 11.4. The first-order valence-electron chi connectivity index (χ1n) is 6.31. The van der Waals surface area contributed by atoms with Crippen LogP contribution in [0.5, 0.6) is 0 Å². The maximum Gasteiger partial charge on any atom is 0.342 e. The predicted molar refractivity (Wildman–Crippen MR) is 77.0 cm³/mol. The van der Waals surface area contributed by atoms with Gasteiger partial charge in [-0.15, -0.1) is 0 Å². The maximum atomic E-state index is 11.8. The molecule has 0 saturated carbocycles. The summed E-state index contributed by atoms with van der Waals surface area (Å²) in [6.07, 6.45) is 0. The van der Waals surface area contributed by atoms with Gasteiger partial charge in [0.25, 0.3) is 0 Å². The van der Waals surface area contributed by atoms with Crippen molar-refractivity contribution in [1.29, 1.82) is 0 Å². The van der Waals surface area contributed by atoms with Crippen molar-refractivity contribution < 1.29 is 19.4 Å². The van der Waals surface area contributed by atoms with Gasteiger partial charge in [-0.05, 0) is 13.0 Å². The Balaban J connectivity index is 2.60. The number of aromatic carboxylic acids is 1. The highest BCUT2D eigenvalue weighted by molar-refractivity contribution is 6.06. The molecule has 0 atom stereocenters. The van der Waals surface area contributed by atoms with E-state index in [1.807, 2.05) is 6.07 Å². The minimum atomic E-state index is -1.26. The number of rotatable bonds is 4. The second kappa shape index (κ2) is 6.04. The van der Waals surface area contributed by atoms with Crippen molar-refractivity contribution in [2.75, 3.05) is 12.3 Å². The molecule has 1 heterocycles. The van der Waals surface area contributed by atoms with E-state index in [9.17, 15) is 14.7 Å². The minimum Gasteiger partial charge on any atom is -0.478 e. The van der Waals surface area contributed by atoms with Gasteiger partial charge in [-0.25, -0.2) is 14.6 Å². The van der Waals surface area contributed by atoms with Gasteiger partial charge in [-0.2, -0.15) is 0 Å². The fourth-order valence-corrected chi connectivity index (χ4v) is 1.91. The molecule has 0 spiro atoms. The standard InChI is InChI=1S/C15H14N2O4/c1-2-21-15(20)12-10(14(18)19)8-11(17-13(12)16)9-6-4-3-5-7-9/h3-8H,2H2,1H3,(H2,16,17)(H,18,19). The molecule has 1 aromatic heterocycles. The van der Waals surface area contributed by atoms with E-state index >= 15 is 0 Å². The smallest absolute Gasteiger partial charge is 0.342 e. The van der Waals surface area contributed by atoms with E-state index in [-0.39, 0.29) is 23.6 Å². The number of nitrogens with two attached hydrogens (primary N) is 1. The van der Waals surface area contributed by atoms with Gasteiger partial charge in [-0.1, -0.05) is 30.3 Å². The number of hydrogen-bond acceptors (Lipinski definition) is 5. The number of ether oxygens (including phenoxy) is 1. The number of carbonyl (C=O) groups excluding carboxylic acids is 1. The molecule has 0 aliphatic carbocycles. The van der Waals surface area contributed by atoms with Crippen LogP contribution in [-0.4, -0.2) is 28.6 Å². The van der Waals surface area contributed by atoms with Crippen molar-refractivity contribution in [2.24, 2.45) is 0 Å². The van der Waals surface area contributed by atoms with Crippen molar-refractivity contribution in [3.63, 3.8) is 0 Å². The van der Waals surface area contributed by atoms with Crippen LogP contribution in [0.15, 0.2) is 36.4 Å². The third-order valence-corrected chi connectivity index (χ3v) is 2.83. The van der Waals surface area contributed by atoms with Crippen LogP contribution in [-0.2, 0) is 4.74 Å². The normalized spacial score (nSPS) is 10.1. The Bertz CT molecular complexity index is 684. The number of anilines is 1. The summed E-state index contributed by atoms with van der Waals surface area (Å²) >= 11 is 0. The first-order chi connectivity index (χ1) is 10.0. The Kier molecular flexibility index (Phi) is 4.18. The lowest BCUT2D eigenvalue weighted by Gasteiger charge is -2.10. The monoisotopic (exact) mass is 286 g/mol. The first kappa shape index (κ1) is 14.5. The molecule has 108 valence electrons. The SMILES string of the molecule is CCOC(=O)c1c(C(=O)O)cc(-c2ccccc2)nc1N. The zero-order chi connectivity index (χ0) is 15.4. The summed E-state index contributed by atoms with van der Waals surface area (Å²) in [5.74, 6) is -2.21. The van der Waals surface area contributed by atoms with Gasteiger partial charge in [0.05, 0.1) is 17.9 Å². The Morgan fingerprint density at radius 2 is 1.95 bits per heavy atom. The first-order valence-corrected chi connectivity index (χ1v) is 6.31. The summed E-state index contributed by atoms with van der Waals surface area (Å²) in [5, 5.41) is 9.29. The van der Waals surface area contributed by atoms with Crippen LogP contribution < -0.4 is 5.73 Å². The summed E-state index contributed by atoms with van der Waals surface area (Å²) < 4.78 is 4.82. The average molecular weight is 286 g/mol. The lowest BCUT2D eigenvalue weighted by Crippen LogP contribution is -2.16. The molecule has 6 nitrogen and oxygen atoms in total. The van der Waals surface area contributed by atoms with Crippen LogP contribution in [0.25, 0.3) is 11.3 Å². The van der Waals surface area contributed by atoms with Crippen LogP contribution in [0, 0.1) is 0 Å². The van der Waals surface area contributed by atoms with Gasteiger partial charge >= 0.3 is 11.9 Å². The number of carboxylic acid groups (broad SMARTS) is 1. The molecule has 0 saturated heterocycles. The largest absolute Gasteiger partial charge is 0.478 e. The Morgan fingerprint density at radius 1 is 1.29 bits per heavy atom. The number of nitrogens with zero attached hydrogens (tertiary/aromatic N) is 1. The summed E-state index contributed by atoms with van der Waals surface area (Å²) in [6, 6.07) is 10.3. The quantitative estimate of drug-likeness (QED) is 0.835. The lowest BCUT2D eigenvalue weighted by molar-refractivity contribution is 0.0515. The Labute approximate surface area is 121 Å². The highest BCUT2D eigenvalue weighted by Gasteiger charge is 2.23. The molecular formula is C15H14N2O4. The van der Waals surface area contributed by atoms with E-state index in [1.165, 1.54) is 6.07 Å². The number of carboxylic acids is 1. The summed E-state index contributed by atoms with van der Waals surface area (Å²) in [5.41, 5.74) is 6.41. The number of nitrogen functional groups attached to an aromatic ring is 1. The zero-order valence-corrected chi connectivity index (χ0v) is 11.4. The van der Waals surface area contributed by atoms with Crippen molar-refractivity contribution >= 4 is 17.8 Å². The molecule has 0 radical (unpaired) electrons. The van der Waals surface area contributed by atoms with Gasteiger partial charge in [0.1, 0.15) is 11.4 Å². The van der Waals surface area contributed by atoms with Gasteiger partial charge in [0.2, 0.25) is 0 Å². The molecule has 3 N–H and O–H groups in total. The van der Waals surface area contributed by atoms with Crippen LogP contribution in [0.4, 0.5) is 5.82 Å². The Morgan fingerprint density at radius 3 is 2.52 bits per heavy atom. The van der Waals surface area contributed by atoms with E-state index in [0.29, 0.717) is 11.3 Å². The molecule has 0 amide bonds. The van der Waals surface area contributed by atoms with Crippen LogP contribution in [0.3, 0.4) is 0 Å². The topological polar surface area (TPSA) is 103 Å². The van der Waals surface area contributed by atoms with Crippen molar-refractivity contribution in [3.8, 4) is 11.3 Å². The molecule has 6 heteroatoms. The molecule has 0 aliphatic rings. The van der Waals surface area contributed by atoms with Crippen molar-refractivity contribution in [2.45, 2.75) is 6.92 Å². The van der Waals surface area contributed by atoms with Gasteiger partial charge < -0.3 is 15.6 Å². The molecule has 0 bridgehead atoms. The van der Waals surface area contributed by atoms with Gasteiger partial charge in [0, 0.05) is 5.56 Å². The highest BCUT2D eigenvalue weighted by atomic mass is 16.5. The highest BCUT2D eigenvalue weighted by Crippen LogP contribution is 2.24.